The molecule has 0 fully saturated rings. The van der Waals surface area contributed by atoms with E-state index in [0.29, 0.717) is 30.3 Å². The summed E-state index contributed by atoms with van der Waals surface area (Å²) in [5.41, 5.74) is 1.53. The van der Waals surface area contributed by atoms with Gasteiger partial charge in [0.25, 0.3) is 0 Å². The van der Waals surface area contributed by atoms with Crippen LogP contribution >= 0.6 is 0 Å². The summed E-state index contributed by atoms with van der Waals surface area (Å²) in [4.78, 5) is 16.1. The molecular formula is C20H18FN3O2. The van der Waals surface area contributed by atoms with Gasteiger partial charge in [0, 0.05) is 24.5 Å². The Morgan fingerprint density at radius 1 is 1.04 bits per heavy atom. The highest BCUT2D eigenvalue weighted by Crippen LogP contribution is 2.21. The molecule has 2 N–H and O–H groups in total. The molecule has 0 atom stereocenters. The highest BCUT2D eigenvalue weighted by atomic mass is 19.1. The van der Waals surface area contributed by atoms with E-state index in [0.717, 1.165) is 5.56 Å². The molecule has 3 rings (SSSR count). The Bertz CT molecular complexity index is 854. The topological polar surface area (TPSA) is 63.2 Å². The summed E-state index contributed by atoms with van der Waals surface area (Å²) < 4.78 is 18.5. The summed E-state index contributed by atoms with van der Waals surface area (Å²) in [5.74, 6) is 0.784. The number of nitrogens with zero attached hydrogens (tertiary/aromatic N) is 1. The fourth-order valence-electron chi connectivity index (χ4n) is 2.30. The van der Waals surface area contributed by atoms with Crippen molar-refractivity contribution < 1.29 is 13.9 Å². The second kappa shape index (κ2) is 8.62. The van der Waals surface area contributed by atoms with Crippen LogP contribution in [0.15, 0.2) is 72.9 Å². The number of pyridine rings is 1. The predicted molar refractivity (Wildman–Crippen MR) is 97.9 cm³/mol. The van der Waals surface area contributed by atoms with Gasteiger partial charge in [0.15, 0.2) is 0 Å². The van der Waals surface area contributed by atoms with Crippen LogP contribution in [0.2, 0.25) is 0 Å². The van der Waals surface area contributed by atoms with Gasteiger partial charge in [0.1, 0.15) is 11.6 Å². The van der Waals surface area contributed by atoms with E-state index in [1.165, 1.54) is 12.1 Å². The summed E-state index contributed by atoms with van der Waals surface area (Å²) in [7, 11) is 0. The fraction of sp³-hybridized carbons (Fsp3) is 0.100. The first-order valence-corrected chi connectivity index (χ1v) is 8.17. The summed E-state index contributed by atoms with van der Waals surface area (Å²) in [5, 5.41) is 5.49. The van der Waals surface area contributed by atoms with Gasteiger partial charge in [-0.2, -0.15) is 0 Å². The summed E-state index contributed by atoms with van der Waals surface area (Å²) >= 11 is 0. The zero-order chi connectivity index (χ0) is 18.2. The molecule has 6 heteroatoms. The van der Waals surface area contributed by atoms with E-state index in [1.54, 1.807) is 30.5 Å². The summed E-state index contributed by atoms with van der Waals surface area (Å²) in [6.07, 6.45) is 2.18. The standard InChI is InChI=1S/C20H18FN3O2/c21-16-8-6-15(7-9-16)10-12-23-20(25)24-17-11-13-22-19(14-17)26-18-4-2-1-3-5-18/h1-9,11,13-14H,10,12H2,(H2,22,23,24,25). The third-order valence-corrected chi connectivity index (χ3v) is 3.57. The van der Waals surface area contributed by atoms with Crippen molar-refractivity contribution in [3.05, 3.63) is 84.3 Å². The van der Waals surface area contributed by atoms with Crippen molar-refractivity contribution >= 4 is 11.7 Å². The molecule has 2 aromatic carbocycles. The largest absolute Gasteiger partial charge is 0.439 e. The Labute approximate surface area is 150 Å². The number of amides is 2. The molecule has 0 unspecified atom stereocenters. The van der Waals surface area contributed by atoms with E-state index in [1.807, 2.05) is 30.3 Å². The van der Waals surface area contributed by atoms with Crippen molar-refractivity contribution in [1.82, 2.24) is 10.3 Å². The van der Waals surface area contributed by atoms with E-state index in [2.05, 4.69) is 15.6 Å². The van der Waals surface area contributed by atoms with E-state index >= 15 is 0 Å². The van der Waals surface area contributed by atoms with Crippen LogP contribution in [0, 0.1) is 5.82 Å². The maximum atomic E-state index is 12.9. The number of hydrogen-bond acceptors (Lipinski definition) is 3. The van der Waals surface area contributed by atoms with E-state index < -0.39 is 0 Å². The zero-order valence-electron chi connectivity index (χ0n) is 14.0. The van der Waals surface area contributed by atoms with Crippen molar-refractivity contribution in [2.75, 3.05) is 11.9 Å². The molecule has 0 aliphatic carbocycles. The first-order valence-electron chi connectivity index (χ1n) is 8.17. The van der Waals surface area contributed by atoms with Gasteiger partial charge in [-0.1, -0.05) is 30.3 Å². The lowest BCUT2D eigenvalue weighted by Crippen LogP contribution is -2.30. The van der Waals surface area contributed by atoms with E-state index in [4.69, 9.17) is 4.74 Å². The molecule has 0 bridgehead atoms. The summed E-state index contributed by atoms with van der Waals surface area (Å²) in [6.45, 7) is 0.440. The van der Waals surface area contributed by atoms with Crippen LogP contribution in [0.3, 0.4) is 0 Å². The quantitative estimate of drug-likeness (QED) is 0.693. The van der Waals surface area contributed by atoms with Gasteiger partial charge in [-0.05, 0) is 42.3 Å². The van der Waals surface area contributed by atoms with Crippen LogP contribution in [0.25, 0.3) is 0 Å². The first kappa shape index (κ1) is 17.4. The summed E-state index contributed by atoms with van der Waals surface area (Å²) in [6, 6.07) is 18.5. The average Bonchev–Trinajstić information content (AvgIpc) is 2.64. The smallest absolute Gasteiger partial charge is 0.319 e. The molecule has 0 radical (unpaired) electrons. The van der Waals surface area contributed by atoms with Gasteiger partial charge < -0.3 is 15.4 Å². The number of urea groups is 1. The molecule has 132 valence electrons. The van der Waals surface area contributed by atoms with Crippen molar-refractivity contribution in [2.45, 2.75) is 6.42 Å². The van der Waals surface area contributed by atoms with Gasteiger partial charge in [0.05, 0.1) is 0 Å². The van der Waals surface area contributed by atoms with Crippen LogP contribution in [0.1, 0.15) is 5.56 Å². The van der Waals surface area contributed by atoms with Crippen LogP contribution in [0.4, 0.5) is 14.9 Å². The molecular weight excluding hydrogens is 333 g/mol. The second-order valence-electron chi connectivity index (χ2n) is 5.56. The van der Waals surface area contributed by atoms with Gasteiger partial charge in [0.2, 0.25) is 5.88 Å². The SMILES string of the molecule is O=C(NCCc1ccc(F)cc1)Nc1ccnc(Oc2ccccc2)c1. The molecule has 0 saturated carbocycles. The Kier molecular flexibility index (Phi) is 5.77. The predicted octanol–water partition coefficient (Wildman–Crippen LogP) is 4.38. The number of carbonyl (C=O) groups excluding carboxylic acids is 1. The maximum Gasteiger partial charge on any atom is 0.319 e. The lowest BCUT2D eigenvalue weighted by atomic mass is 10.1. The van der Waals surface area contributed by atoms with Crippen molar-refractivity contribution in [1.29, 1.82) is 0 Å². The monoisotopic (exact) mass is 351 g/mol. The Morgan fingerprint density at radius 3 is 2.58 bits per heavy atom. The number of rotatable bonds is 6. The van der Waals surface area contributed by atoms with Gasteiger partial charge in [-0.15, -0.1) is 0 Å². The van der Waals surface area contributed by atoms with Gasteiger partial charge in [-0.3, -0.25) is 0 Å². The zero-order valence-corrected chi connectivity index (χ0v) is 14.0. The van der Waals surface area contributed by atoms with Crippen molar-refractivity contribution in [3.63, 3.8) is 0 Å². The van der Waals surface area contributed by atoms with Crippen molar-refractivity contribution in [3.8, 4) is 11.6 Å². The highest BCUT2D eigenvalue weighted by molar-refractivity contribution is 5.89. The number of benzene rings is 2. The Morgan fingerprint density at radius 2 is 1.81 bits per heavy atom. The van der Waals surface area contributed by atoms with Gasteiger partial charge >= 0.3 is 6.03 Å². The number of para-hydroxylation sites is 1. The molecule has 0 saturated heterocycles. The highest BCUT2D eigenvalue weighted by Gasteiger charge is 2.04. The number of hydrogen-bond donors (Lipinski definition) is 2. The van der Waals surface area contributed by atoms with Crippen LogP contribution in [0.5, 0.6) is 11.6 Å². The lowest BCUT2D eigenvalue weighted by molar-refractivity contribution is 0.252. The third-order valence-electron chi connectivity index (χ3n) is 3.57. The van der Waals surface area contributed by atoms with Crippen LogP contribution in [-0.4, -0.2) is 17.6 Å². The Hall–Kier alpha value is -3.41. The number of carbonyl (C=O) groups is 1. The minimum absolute atomic E-state index is 0.273. The number of anilines is 1. The normalized spacial score (nSPS) is 10.2. The molecule has 0 spiro atoms. The number of aromatic nitrogens is 1. The fourth-order valence-corrected chi connectivity index (χ4v) is 2.30. The Balaban J connectivity index is 1.49. The molecule has 2 amide bonds. The molecule has 26 heavy (non-hydrogen) atoms. The van der Waals surface area contributed by atoms with Gasteiger partial charge in [-0.25, -0.2) is 14.2 Å². The lowest BCUT2D eigenvalue weighted by Gasteiger charge is -2.09. The van der Waals surface area contributed by atoms with Crippen molar-refractivity contribution in [2.24, 2.45) is 0 Å². The van der Waals surface area contributed by atoms with Crippen LogP contribution in [-0.2, 0) is 6.42 Å². The maximum absolute atomic E-state index is 12.9. The molecule has 1 heterocycles. The average molecular weight is 351 g/mol. The van der Waals surface area contributed by atoms with E-state index in [-0.39, 0.29) is 11.8 Å². The third kappa shape index (κ3) is 5.31. The number of nitrogens with one attached hydrogen (secondary N) is 2. The minimum atomic E-state index is -0.330. The molecule has 3 aromatic rings. The minimum Gasteiger partial charge on any atom is -0.439 e. The molecule has 0 aliphatic rings. The van der Waals surface area contributed by atoms with E-state index in [9.17, 15) is 9.18 Å². The number of halogens is 1. The molecule has 0 aliphatic heterocycles. The first-order chi connectivity index (χ1) is 12.7. The second-order valence-corrected chi connectivity index (χ2v) is 5.56. The van der Waals surface area contributed by atoms with Crippen LogP contribution < -0.4 is 15.4 Å². The molecule has 1 aromatic heterocycles. The molecule has 5 nitrogen and oxygen atoms in total. The number of ether oxygens (including phenoxy) is 1.